The Morgan fingerprint density at radius 3 is 2.76 bits per heavy atom. The highest BCUT2D eigenvalue weighted by Gasteiger charge is 2.19. The van der Waals surface area contributed by atoms with Crippen LogP contribution in [0.3, 0.4) is 0 Å². The second-order valence-corrected chi connectivity index (χ2v) is 6.70. The summed E-state index contributed by atoms with van der Waals surface area (Å²) in [7, 11) is -3.80. The molecule has 2 rings (SSSR count). The minimum atomic E-state index is -3.80. The topological polar surface area (TPSA) is 90.0 Å². The van der Waals surface area contributed by atoms with Gasteiger partial charge in [0.25, 0.3) is 10.0 Å². The van der Waals surface area contributed by atoms with E-state index in [4.69, 9.17) is 29.6 Å². The van der Waals surface area contributed by atoms with Gasteiger partial charge in [0.15, 0.2) is 0 Å². The summed E-state index contributed by atoms with van der Waals surface area (Å²) in [6, 6.07) is 4.30. The van der Waals surface area contributed by atoms with Crippen LogP contribution in [0.1, 0.15) is 12.5 Å². The van der Waals surface area contributed by atoms with Crippen molar-refractivity contribution in [2.75, 3.05) is 4.72 Å². The SMILES string of the molecule is CCn1cc(NS(=O)(=O)c2ccc(C(N)=S)cc2Cl)cn1. The van der Waals surface area contributed by atoms with Crippen molar-refractivity contribution in [2.45, 2.75) is 18.4 Å². The molecule has 112 valence electrons. The van der Waals surface area contributed by atoms with Gasteiger partial charge in [0.1, 0.15) is 9.88 Å². The van der Waals surface area contributed by atoms with E-state index in [-0.39, 0.29) is 14.9 Å². The largest absolute Gasteiger partial charge is 0.389 e. The van der Waals surface area contributed by atoms with Gasteiger partial charge in [-0.15, -0.1) is 0 Å². The number of nitrogens with one attached hydrogen (secondary N) is 1. The molecule has 0 aliphatic rings. The van der Waals surface area contributed by atoms with Crippen molar-refractivity contribution in [3.05, 3.63) is 41.2 Å². The maximum atomic E-state index is 12.3. The first-order valence-corrected chi connectivity index (χ1v) is 8.25. The van der Waals surface area contributed by atoms with Gasteiger partial charge in [0.05, 0.1) is 16.9 Å². The van der Waals surface area contributed by atoms with Crippen LogP contribution in [0.2, 0.25) is 5.02 Å². The van der Waals surface area contributed by atoms with Gasteiger partial charge in [-0.3, -0.25) is 9.40 Å². The number of nitrogens with two attached hydrogens (primary N) is 1. The van der Waals surface area contributed by atoms with E-state index >= 15 is 0 Å². The monoisotopic (exact) mass is 344 g/mol. The summed E-state index contributed by atoms with van der Waals surface area (Å²) in [5.41, 5.74) is 6.35. The first-order chi connectivity index (χ1) is 9.83. The second kappa shape index (κ2) is 6.00. The fraction of sp³-hybridized carbons (Fsp3) is 0.167. The predicted octanol–water partition coefficient (Wildman–Crippen LogP) is 1.99. The molecular formula is C12H13ClN4O2S2. The molecule has 0 aliphatic heterocycles. The van der Waals surface area contributed by atoms with Crippen molar-refractivity contribution < 1.29 is 8.42 Å². The highest BCUT2D eigenvalue weighted by Crippen LogP contribution is 2.24. The molecule has 0 saturated carbocycles. The fourth-order valence-electron chi connectivity index (χ4n) is 1.67. The summed E-state index contributed by atoms with van der Waals surface area (Å²) in [6.07, 6.45) is 3.02. The van der Waals surface area contributed by atoms with E-state index in [1.165, 1.54) is 24.4 Å². The van der Waals surface area contributed by atoms with Crippen molar-refractivity contribution in [2.24, 2.45) is 5.73 Å². The lowest BCUT2D eigenvalue weighted by Gasteiger charge is -2.09. The molecule has 9 heteroatoms. The van der Waals surface area contributed by atoms with Crippen molar-refractivity contribution in [3.63, 3.8) is 0 Å². The third-order valence-electron chi connectivity index (χ3n) is 2.72. The number of aryl methyl sites for hydroxylation is 1. The second-order valence-electron chi connectivity index (χ2n) is 4.20. The maximum Gasteiger partial charge on any atom is 0.263 e. The Kier molecular flexibility index (Phi) is 4.50. The Hall–Kier alpha value is -1.64. The van der Waals surface area contributed by atoms with Gasteiger partial charge in [-0.25, -0.2) is 8.42 Å². The van der Waals surface area contributed by atoms with Crippen LogP contribution in [-0.4, -0.2) is 23.2 Å². The fourth-order valence-corrected chi connectivity index (χ4v) is 3.37. The van der Waals surface area contributed by atoms with Crippen LogP contribution in [-0.2, 0) is 16.6 Å². The smallest absolute Gasteiger partial charge is 0.263 e. The quantitative estimate of drug-likeness (QED) is 0.809. The minimum Gasteiger partial charge on any atom is -0.389 e. The van der Waals surface area contributed by atoms with Crippen molar-refractivity contribution in [3.8, 4) is 0 Å². The third kappa shape index (κ3) is 3.52. The molecular weight excluding hydrogens is 332 g/mol. The molecule has 1 heterocycles. The van der Waals surface area contributed by atoms with Gasteiger partial charge in [-0.05, 0) is 19.1 Å². The number of hydrogen-bond acceptors (Lipinski definition) is 4. The molecule has 6 nitrogen and oxygen atoms in total. The summed E-state index contributed by atoms with van der Waals surface area (Å²) in [4.78, 5) is 0.103. The zero-order chi connectivity index (χ0) is 15.6. The Labute approximate surface area is 133 Å². The van der Waals surface area contributed by atoms with E-state index < -0.39 is 10.0 Å². The number of sulfonamides is 1. The van der Waals surface area contributed by atoms with Gasteiger partial charge in [-0.2, -0.15) is 5.10 Å². The molecule has 0 amide bonds. The number of anilines is 1. The molecule has 0 fully saturated rings. The third-order valence-corrected chi connectivity index (χ3v) is 4.82. The molecule has 0 unspecified atom stereocenters. The molecule has 0 bridgehead atoms. The normalized spacial score (nSPS) is 11.3. The van der Waals surface area contributed by atoms with Gasteiger partial charge in [0.2, 0.25) is 0 Å². The molecule has 2 aromatic rings. The minimum absolute atomic E-state index is 0.0478. The number of aromatic nitrogens is 2. The summed E-state index contributed by atoms with van der Waals surface area (Å²) < 4.78 is 28.6. The summed E-state index contributed by atoms with van der Waals surface area (Å²) >= 11 is 10.8. The van der Waals surface area contributed by atoms with E-state index in [1.54, 1.807) is 10.9 Å². The Morgan fingerprint density at radius 2 is 2.24 bits per heavy atom. The molecule has 3 N–H and O–H groups in total. The Bertz CT molecular complexity index is 786. The molecule has 0 saturated heterocycles. The molecule has 21 heavy (non-hydrogen) atoms. The number of thiocarbonyl (C=S) groups is 1. The number of benzene rings is 1. The van der Waals surface area contributed by atoms with Crippen LogP contribution in [0.5, 0.6) is 0 Å². The standard InChI is InChI=1S/C12H13ClN4O2S2/c1-2-17-7-9(6-15-17)16-21(18,19)11-4-3-8(12(14)20)5-10(11)13/h3-7,16H,2H2,1H3,(H2,14,20). The van der Waals surface area contributed by atoms with Crippen molar-refractivity contribution in [1.82, 2.24) is 9.78 Å². The van der Waals surface area contributed by atoms with E-state index in [1.807, 2.05) is 6.92 Å². The number of nitrogens with zero attached hydrogens (tertiary/aromatic N) is 2. The zero-order valence-corrected chi connectivity index (χ0v) is 13.5. The molecule has 1 aromatic heterocycles. The molecule has 0 aliphatic carbocycles. The predicted molar refractivity (Wildman–Crippen MR) is 86.0 cm³/mol. The zero-order valence-electron chi connectivity index (χ0n) is 11.1. The van der Waals surface area contributed by atoms with Crippen LogP contribution in [0.15, 0.2) is 35.5 Å². The van der Waals surface area contributed by atoms with Crippen LogP contribution in [0.25, 0.3) is 0 Å². The van der Waals surface area contributed by atoms with E-state index in [0.717, 1.165) is 0 Å². The Morgan fingerprint density at radius 1 is 1.52 bits per heavy atom. The molecule has 0 atom stereocenters. The number of rotatable bonds is 5. The van der Waals surface area contributed by atoms with Gasteiger partial charge >= 0.3 is 0 Å². The molecule has 0 spiro atoms. The first kappa shape index (κ1) is 15.7. The van der Waals surface area contributed by atoms with Gasteiger partial charge in [-0.1, -0.05) is 29.9 Å². The first-order valence-electron chi connectivity index (χ1n) is 5.98. The average molecular weight is 345 g/mol. The number of hydrogen-bond donors (Lipinski definition) is 2. The molecule has 0 radical (unpaired) electrons. The van der Waals surface area contributed by atoms with Gasteiger partial charge < -0.3 is 5.73 Å². The van der Waals surface area contributed by atoms with Crippen LogP contribution in [0, 0.1) is 0 Å². The van der Waals surface area contributed by atoms with E-state index in [0.29, 0.717) is 17.8 Å². The summed E-state index contributed by atoms with van der Waals surface area (Å²) in [5.74, 6) is 0. The van der Waals surface area contributed by atoms with E-state index in [9.17, 15) is 8.42 Å². The summed E-state index contributed by atoms with van der Waals surface area (Å²) in [6.45, 7) is 2.54. The van der Waals surface area contributed by atoms with Crippen LogP contribution in [0.4, 0.5) is 5.69 Å². The average Bonchev–Trinajstić information content (AvgIpc) is 2.85. The maximum absolute atomic E-state index is 12.3. The lowest BCUT2D eigenvalue weighted by Crippen LogP contribution is -2.14. The summed E-state index contributed by atoms with van der Waals surface area (Å²) in [5, 5.41) is 4.05. The highest BCUT2D eigenvalue weighted by molar-refractivity contribution is 7.92. The van der Waals surface area contributed by atoms with Crippen molar-refractivity contribution in [1.29, 1.82) is 0 Å². The van der Waals surface area contributed by atoms with Crippen LogP contribution < -0.4 is 10.5 Å². The molecule has 1 aromatic carbocycles. The van der Waals surface area contributed by atoms with Gasteiger partial charge in [0, 0.05) is 18.3 Å². The lowest BCUT2D eigenvalue weighted by atomic mass is 10.2. The Balaban J connectivity index is 2.33. The lowest BCUT2D eigenvalue weighted by molar-refractivity contribution is 0.601. The highest BCUT2D eigenvalue weighted by atomic mass is 35.5. The number of halogens is 1. The van der Waals surface area contributed by atoms with Crippen molar-refractivity contribution >= 4 is 44.5 Å². The van der Waals surface area contributed by atoms with Crippen LogP contribution >= 0.6 is 23.8 Å². The van der Waals surface area contributed by atoms with E-state index in [2.05, 4.69) is 9.82 Å².